The van der Waals surface area contributed by atoms with Crippen molar-refractivity contribution in [2.75, 3.05) is 5.32 Å². The summed E-state index contributed by atoms with van der Waals surface area (Å²) >= 11 is 7.33. The zero-order valence-corrected chi connectivity index (χ0v) is 16.3. The van der Waals surface area contributed by atoms with Crippen LogP contribution in [0.2, 0.25) is 5.02 Å². The van der Waals surface area contributed by atoms with Crippen molar-refractivity contribution in [1.29, 1.82) is 0 Å². The van der Waals surface area contributed by atoms with Crippen LogP contribution in [0.1, 0.15) is 22.8 Å². The summed E-state index contributed by atoms with van der Waals surface area (Å²) in [7, 11) is 0. The van der Waals surface area contributed by atoms with Gasteiger partial charge in [-0.25, -0.2) is 0 Å². The van der Waals surface area contributed by atoms with Gasteiger partial charge in [-0.15, -0.1) is 11.8 Å². The molecule has 1 atom stereocenters. The van der Waals surface area contributed by atoms with Gasteiger partial charge in [0.15, 0.2) is 5.78 Å². The summed E-state index contributed by atoms with van der Waals surface area (Å²) in [4.78, 5) is 26.4. The van der Waals surface area contributed by atoms with Crippen LogP contribution in [0.3, 0.4) is 0 Å². The van der Waals surface area contributed by atoms with Crippen molar-refractivity contribution in [3.8, 4) is 0 Å². The molecular weight excluding hydrogens is 378 g/mol. The van der Waals surface area contributed by atoms with Crippen LogP contribution in [-0.2, 0) is 4.79 Å². The summed E-state index contributed by atoms with van der Waals surface area (Å²) in [5, 5.41) is 3.22. The Kier molecular flexibility index (Phi) is 6.32. The number of amides is 1. The fraction of sp³-hybridized carbons (Fsp3) is 0.0909. The van der Waals surface area contributed by atoms with E-state index in [1.54, 1.807) is 48.5 Å². The van der Waals surface area contributed by atoms with E-state index in [-0.39, 0.29) is 16.9 Å². The Morgan fingerprint density at radius 1 is 0.889 bits per heavy atom. The number of hydrogen-bond acceptors (Lipinski definition) is 3. The van der Waals surface area contributed by atoms with Gasteiger partial charge in [0.2, 0.25) is 5.91 Å². The lowest BCUT2D eigenvalue weighted by atomic mass is 10.0. The van der Waals surface area contributed by atoms with Crippen molar-refractivity contribution in [1.82, 2.24) is 0 Å². The summed E-state index contributed by atoms with van der Waals surface area (Å²) in [5.74, 6) is -0.284. The molecule has 1 amide bonds. The molecule has 0 saturated heterocycles. The molecule has 0 aromatic heterocycles. The highest BCUT2D eigenvalue weighted by molar-refractivity contribution is 8.00. The molecule has 0 heterocycles. The standard InChI is InChI=1S/C22H18ClNO2S/c1-15(27-18-13-11-17(23)12-14-18)22(26)24-20-10-6-5-9-19(20)21(25)16-7-3-2-4-8-16/h2-15H,1H3,(H,24,26). The fourth-order valence-corrected chi connectivity index (χ4v) is 3.53. The first-order valence-corrected chi connectivity index (χ1v) is 9.72. The third kappa shape index (κ3) is 5.00. The van der Waals surface area contributed by atoms with Crippen LogP contribution in [-0.4, -0.2) is 16.9 Å². The SMILES string of the molecule is CC(Sc1ccc(Cl)cc1)C(=O)Nc1ccccc1C(=O)c1ccccc1. The van der Waals surface area contributed by atoms with E-state index in [1.807, 2.05) is 37.3 Å². The van der Waals surface area contributed by atoms with Gasteiger partial charge in [-0.05, 0) is 43.3 Å². The van der Waals surface area contributed by atoms with E-state index in [0.29, 0.717) is 21.8 Å². The summed E-state index contributed by atoms with van der Waals surface area (Å²) in [5.41, 5.74) is 1.57. The Morgan fingerprint density at radius 2 is 1.52 bits per heavy atom. The summed E-state index contributed by atoms with van der Waals surface area (Å²) < 4.78 is 0. The first-order chi connectivity index (χ1) is 13.0. The van der Waals surface area contributed by atoms with E-state index in [9.17, 15) is 9.59 Å². The van der Waals surface area contributed by atoms with Crippen molar-refractivity contribution in [3.05, 3.63) is 95.0 Å². The van der Waals surface area contributed by atoms with E-state index in [4.69, 9.17) is 11.6 Å². The number of hydrogen-bond donors (Lipinski definition) is 1. The molecule has 0 aliphatic carbocycles. The van der Waals surface area contributed by atoms with Crippen LogP contribution in [0.15, 0.2) is 83.8 Å². The molecule has 0 radical (unpaired) electrons. The lowest BCUT2D eigenvalue weighted by Crippen LogP contribution is -2.23. The second kappa shape index (κ2) is 8.89. The van der Waals surface area contributed by atoms with Crippen LogP contribution >= 0.6 is 23.4 Å². The average molecular weight is 396 g/mol. The average Bonchev–Trinajstić information content (AvgIpc) is 2.70. The highest BCUT2D eigenvalue weighted by Gasteiger charge is 2.18. The zero-order valence-electron chi connectivity index (χ0n) is 14.7. The van der Waals surface area contributed by atoms with E-state index in [1.165, 1.54) is 11.8 Å². The normalized spacial score (nSPS) is 11.6. The van der Waals surface area contributed by atoms with Crippen LogP contribution in [0.4, 0.5) is 5.69 Å². The van der Waals surface area contributed by atoms with E-state index in [0.717, 1.165) is 4.90 Å². The maximum atomic E-state index is 12.8. The molecule has 3 rings (SSSR count). The fourth-order valence-electron chi connectivity index (χ4n) is 2.54. The topological polar surface area (TPSA) is 46.2 Å². The minimum atomic E-state index is -0.328. The summed E-state index contributed by atoms with van der Waals surface area (Å²) in [6.07, 6.45) is 0. The molecule has 0 spiro atoms. The summed E-state index contributed by atoms with van der Waals surface area (Å²) in [6.45, 7) is 1.83. The number of halogens is 1. The predicted molar refractivity (Wildman–Crippen MR) is 112 cm³/mol. The predicted octanol–water partition coefficient (Wildman–Crippen LogP) is 5.69. The van der Waals surface area contributed by atoms with Crippen LogP contribution in [0, 0.1) is 0 Å². The van der Waals surface area contributed by atoms with Crippen LogP contribution in [0.5, 0.6) is 0 Å². The van der Waals surface area contributed by atoms with Gasteiger partial charge in [-0.3, -0.25) is 9.59 Å². The van der Waals surface area contributed by atoms with Gasteiger partial charge in [-0.1, -0.05) is 54.1 Å². The number of nitrogens with one attached hydrogen (secondary N) is 1. The van der Waals surface area contributed by atoms with Gasteiger partial charge < -0.3 is 5.32 Å². The van der Waals surface area contributed by atoms with Crippen molar-refractivity contribution in [3.63, 3.8) is 0 Å². The molecule has 1 unspecified atom stereocenters. The minimum Gasteiger partial charge on any atom is -0.324 e. The number of carbonyl (C=O) groups excluding carboxylic acids is 2. The van der Waals surface area contributed by atoms with Crippen molar-refractivity contribution in [2.24, 2.45) is 0 Å². The molecule has 3 aromatic carbocycles. The molecule has 0 bridgehead atoms. The van der Waals surface area contributed by atoms with Crippen molar-refractivity contribution < 1.29 is 9.59 Å². The number of anilines is 1. The Balaban J connectivity index is 1.74. The molecular formula is C22H18ClNO2S. The van der Waals surface area contributed by atoms with Gasteiger partial charge in [0, 0.05) is 21.0 Å². The van der Waals surface area contributed by atoms with E-state index < -0.39 is 0 Å². The molecule has 27 heavy (non-hydrogen) atoms. The highest BCUT2D eigenvalue weighted by atomic mass is 35.5. The number of para-hydroxylation sites is 1. The largest absolute Gasteiger partial charge is 0.324 e. The number of thioether (sulfide) groups is 1. The van der Waals surface area contributed by atoms with Gasteiger partial charge >= 0.3 is 0 Å². The lowest BCUT2D eigenvalue weighted by Gasteiger charge is -2.14. The van der Waals surface area contributed by atoms with Crippen LogP contribution < -0.4 is 5.32 Å². The second-order valence-electron chi connectivity index (χ2n) is 5.94. The van der Waals surface area contributed by atoms with Crippen molar-refractivity contribution in [2.45, 2.75) is 17.1 Å². The van der Waals surface area contributed by atoms with Gasteiger partial charge in [-0.2, -0.15) is 0 Å². The van der Waals surface area contributed by atoms with Crippen molar-refractivity contribution >= 4 is 40.7 Å². The molecule has 0 aliphatic rings. The number of rotatable bonds is 6. The molecule has 0 fully saturated rings. The Morgan fingerprint density at radius 3 is 2.22 bits per heavy atom. The first-order valence-electron chi connectivity index (χ1n) is 8.46. The van der Waals surface area contributed by atoms with Crippen LogP contribution in [0.25, 0.3) is 0 Å². The van der Waals surface area contributed by atoms with E-state index >= 15 is 0 Å². The molecule has 0 saturated carbocycles. The maximum absolute atomic E-state index is 12.8. The van der Waals surface area contributed by atoms with Gasteiger partial charge in [0.1, 0.15) is 0 Å². The second-order valence-corrected chi connectivity index (χ2v) is 7.79. The molecule has 136 valence electrons. The molecule has 0 aliphatic heterocycles. The Bertz CT molecular complexity index is 942. The Labute approximate surface area is 167 Å². The monoisotopic (exact) mass is 395 g/mol. The lowest BCUT2D eigenvalue weighted by molar-refractivity contribution is -0.115. The molecule has 3 nitrogen and oxygen atoms in total. The van der Waals surface area contributed by atoms with Gasteiger partial charge in [0.25, 0.3) is 0 Å². The molecule has 5 heteroatoms. The quantitative estimate of drug-likeness (QED) is 0.430. The molecule has 1 N–H and O–H groups in total. The maximum Gasteiger partial charge on any atom is 0.237 e. The number of carbonyl (C=O) groups is 2. The number of ketones is 1. The van der Waals surface area contributed by atoms with Gasteiger partial charge in [0.05, 0.1) is 10.9 Å². The smallest absolute Gasteiger partial charge is 0.237 e. The highest BCUT2D eigenvalue weighted by Crippen LogP contribution is 2.26. The third-order valence-corrected chi connectivity index (χ3v) is 5.33. The number of benzene rings is 3. The zero-order chi connectivity index (χ0) is 19.2. The van der Waals surface area contributed by atoms with E-state index in [2.05, 4.69) is 5.32 Å². The first kappa shape index (κ1) is 19.2. The molecule has 3 aromatic rings. The summed E-state index contributed by atoms with van der Waals surface area (Å²) in [6, 6.07) is 23.4. The minimum absolute atomic E-state index is 0.121. The third-order valence-electron chi connectivity index (χ3n) is 3.96. The Hall–Kier alpha value is -2.56.